The van der Waals surface area contributed by atoms with Gasteiger partial charge in [0.2, 0.25) is 6.29 Å². The molecule has 0 aromatic rings. The van der Waals surface area contributed by atoms with E-state index in [0.717, 1.165) is 5.57 Å². The van der Waals surface area contributed by atoms with E-state index in [9.17, 15) is 19.5 Å². The number of carbonyl (C=O) groups excluding carboxylic acids is 3. The maximum absolute atomic E-state index is 13.5. The normalized spacial score (nSPS) is 42.4. The molecule has 2 heterocycles. The Morgan fingerprint density at radius 1 is 1.03 bits per heavy atom. The Kier molecular flexibility index (Phi) is 7.29. The molecule has 1 unspecified atom stereocenters. The highest BCUT2D eigenvalue weighted by atomic mass is 16.7. The molecule has 10 heteroatoms. The van der Waals surface area contributed by atoms with Crippen molar-refractivity contribution in [3.8, 4) is 0 Å². The number of fused-ring (bicyclic) bond motifs is 3. The van der Waals surface area contributed by atoms with Crippen LogP contribution in [0.15, 0.2) is 11.8 Å². The first-order chi connectivity index (χ1) is 18.3. The number of aliphatic hydroxyl groups is 1. The Labute approximate surface area is 229 Å². The largest absolute Gasteiger partial charge is 0.472 e. The standard InChI is InChI=1S/C29H42O10/c1-13(15(3)37-17(5)30)10-34-23-20-9-29-19-8-22(32)25(29)28(20,7)27(33)39-24(23)21(29)12-36-26(19)35-11-14(2)16(4)38-18(6)31/h12-16,19-20,22-26,32H,8-11H2,1-7H3/t13-,14-,15-,16+,19?,20+,22-,23+,24-,25+,26-,28-,29+/m1/s1. The molecule has 0 amide bonds. The van der Waals surface area contributed by atoms with Crippen LogP contribution >= 0.6 is 0 Å². The molecule has 13 atom stereocenters. The van der Waals surface area contributed by atoms with Gasteiger partial charge < -0.3 is 33.5 Å². The predicted octanol–water partition coefficient (Wildman–Crippen LogP) is 2.75. The topological polar surface area (TPSA) is 127 Å². The Morgan fingerprint density at radius 2 is 1.62 bits per heavy atom. The second-order valence-electron chi connectivity index (χ2n) is 12.6. The molecule has 1 N–H and O–H groups in total. The van der Waals surface area contributed by atoms with E-state index < -0.39 is 29.3 Å². The van der Waals surface area contributed by atoms with E-state index in [1.54, 1.807) is 6.26 Å². The van der Waals surface area contributed by atoms with Gasteiger partial charge in [-0.2, -0.15) is 0 Å². The summed E-state index contributed by atoms with van der Waals surface area (Å²) in [5, 5.41) is 11.4. The van der Waals surface area contributed by atoms with Crippen molar-refractivity contribution in [1.82, 2.24) is 0 Å². The average Bonchev–Trinajstić information content (AvgIpc) is 3.26. The van der Waals surface area contributed by atoms with Gasteiger partial charge in [-0.15, -0.1) is 0 Å². The highest BCUT2D eigenvalue weighted by Crippen LogP contribution is 2.77. The van der Waals surface area contributed by atoms with Crippen LogP contribution in [0.1, 0.15) is 61.3 Å². The van der Waals surface area contributed by atoms with Crippen LogP contribution < -0.4 is 0 Å². The summed E-state index contributed by atoms with van der Waals surface area (Å²) in [5.74, 6) is -1.71. The van der Waals surface area contributed by atoms with E-state index in [-0.39, 0.29) is 65.8 Å². The Balaban J connectivity index is 1.39. The van der Waals surface area contributed by atoms with Crippen LogP contribution in [0.4, 0.5) is 0 Å². The molecule has 0 radical (unpaired) electrons. The number of aliphatic hydroxyl groups excluding tert-OH is 1. The summed E-state index contributed by atoms with van der Waals surface area (Å²) in [6.45, 7) is 12.9. The third-order valence-corrected chi connectivity index (χ3v) is 10.3. The van der Waals surface area contributed by atoms with Gasteiger partial charge in [0.1, 0.15) is 18.3 Å². The zero-order valence-electron chi connectivity index (χ0n) is 23.9. The lowest BCUT2D eigenvalue weighted by Gasteiger charge is -2.51. The molecule has 4 fully saturated rings. The summed E-state index contributed by atoms with van der Waals surface area (Å²) in [5.41, 5.74) is -0.527. The first kappa shape index (κ1) is 28.4. The van der Waals surface area contributed by atoms with E-state index in [2.05, 4.69) is 0 Å². The Hall–Kier alpha value is -2.17. The van der Waals surface area contributed by atoms with Gasteiger partial charge in [-0.25, -0.2) is 0 Å². The number of hydrogen-bond acceptors (Lipinski definition) is 10. The van der Waals surface area contributed by atoms with Gasteiger partial charge >= 0.3 is 17.9 Å². The maximum atomic E-state index is 13.5. The third kappa shape index (κ3) is 4.28. The molecule has 5 aliphatic rings. The lowest BCUT2D eigenvalue weighted by molar-refractivity contribution is -0.214. The molecule has 10 nitrogen and oxygen atoms in total. The van der Waals surface area contributed by atoms with Gasteiger partial charge in [-0.3, -0.25) is 14.4 Å². The second-order valence-corrected chi connectivity index (χ2v) is 12.6. The molecular weight excluding hydrogens is 508 g/mol. The van der Waals surface area contributed by atoms with Crippen LogP contribution in [0.25, 0.3) is 0 Å². The molecule has 1 saturated heterocycles. The number of carbonyl (C=O) groups is 3. The summed E-state index contributed by atoms with van der Waals surface area (Å²) >= 11 is 0. The van der Waals surface area contributed by atoms with Crippen molar-refractivity contribution >= 4 is 17.9 Å². The quantitative estimate of drug-likeness (QED) is 0.320. The fourth-order valence-corrected chi connectivity index (χ4v) is 8.13. The highest BCUT2D eigenvalue weighted by molar-refractivity contribution is 5.82. The summed E-state index contributed by atoms with van der Waals surface area (Å²) in [6, 6.07) is 0. The van der Waals surface area contributed by atoms with Gasteiger partial charge in [0.25, 0.3) is 0 Å². The molecule has 218 valence electrons. The molecule has 3 saturated carbocycles. The van der Waals surface area contributed by atoms with Crippen LogP contribution in [-0.2, 0) is 42.8 Å². The molecular formula is C29H42O10. The molecule has 39 heavy (non-hydrogen) atoms. The van der Waals surface area contributed by atoms with Gasteiger partial charge in [0.15, 0.2) is 6.10 Å². The average molecular weight is 551 g/mol. The zero-order chi connectivity index (χ0) is 28.4. The fraction of sp³-hybridized carbons (Fsp3) is 0.828. The fourth-order valence-electron chi connectivity index (χ4n) is 8.13. The Morgan fingerprint density at radius 3 is 2.21 bits per heavy atom. The minimum atomic E-state index is -0.908. The highest BCUT2D eigenvalue weighted by Gasteiger charge is 2.81. The van der Waals surface area contributed by atoms with Crippen molar-refractivity contribution in [3.05, 3.63) is 11.8 Å². The summed E-state index contributed by atoms with van der Waals surface area (Å²) in [6.07, 6.45) is -0.122. The smallest absolute Gasteiger partial charge is 0.313 e. The Bertz CT molecular complexity index is 1040. The van der Waals surface area contributed by atoms with Crippen molar-refractivity contribution in [2.24, 2.45) is 40.4 Å². The van der Waals surface area contributed by atoms with Crippen molar-refractivity contribution in [3.63, 3.8) is 0 Å². The first-order valence-corrected chi connectivity index (χ1v) is 14.1. The van der Waals surface area contributed by atoms with Crippen LogP contribution in [0.5, 0.6) is 0 Å². The van der Waals surface area contributed by atoms with Crippen molar-refractivity contribution in [2.45, 2.75) is 98.1 Å². The van der Waals surface area contributed by atoms with Crippen LogP contribution in [0, 0.1) is 40.4 Å². The molecule has 3 bridgehead atoms. The van der Waals surface area contributed by atoms with Crippen molar-refractivity contribution in [1.29, 1.82) is 0 Å². The van der Waals surface area contributed by atoms with E-state index >= 15 is 0 Å². The van der Waals surface area contributed by atoms with E-state index in [1.165, 1.54) is 13.8 Å². The van der Waals surface area contributed by atoms with Gasteiger partial charge in [-0.1, -0.05) is 13.8 Å². The number of ether oxygens (including phenoxy) is 6. The summed E-state index contributed by atoms with van der Waals surface area (Å²) < 4.78 is 35.6. The minimum Gasteiger partial charge on any atom is -0.472 e. The van der Waals surface area contributed by atoms with Gasteiger partial charge in [0.05, 0.1) is 31.0 Å². The van der Waals surface area contributed by atoms with Crippen LogP contribution in [0.3, 0.4) is 0 Å². The van der Waals surface area contributed by atoms with Gasteiger partial charge in [0, 0.05) is 54.4 Å². The van der Waals surface area contributed by atoms with E-state index in [4.69, 9.17) is 28.4 Å². The van der Waals surface area contributed by atoms with Gasteiger partial charge in [-0.05, 0) is 33.6 Å². The lowest BCUT2D eigenvalue weighted by Crippen LogP contribution is -2.58. The van der Waals surface area contributed by atoms with Crippen molar-refractivity contribution < 1.29 is 47.9 Å². The monoisotopic (exact) mass is 550 g/mol. The molecule has 0 aromatic carbocycles. The number of esters is 3. The van der Waals surface area contributed by atoms with E-state index in [0.29, 0.717) is 26.1 Å². The van der Waals surface area contributed by atoms with Crippen LogP contribution in [0.2, 0.25) is 0 Å². The van der Waals surface area contributed by atoms with E-state index in [1.807, 2.05) is 34.6 Å². The first-order valence-electron chi connectivity index (χ1n) is 14.1. The molecule has 0 aromatic heterocycles. The number of rotatable bonds is 10. The second kappa shape index (κ2) is 10.0. The summed E-state index contributed by atoms with van der Waals surface area (Å²) in [7, 11) is 0. The lowest BCUT2D eigenvalue weighted by atomic mass is 9.61. The minimum absolute atomic E-state index is 0.0575. The maximum Gasteiger partial charge on any atom is 0.313 e. The SMILES string of the molecule is CC(=O)O[C@@H](C)[C@H](C)CO[C@@H]1OC=C2[C@H]3OC(=O)[C@]4(C)[C@@H](C[C@]25C1C[C@@H](O)[C@@H]45)[C@@H]3OC[C@@H](C)[C@@H](C)OC(C)=O. The molecule has 2 aliphatic heterocycles. The number of hydrogen-bond donors (Lipinski definition) is 1. The molecule has 3 aliphatic carbocycles. The molecule has 5 rings (SSSR count). The zero-order valence-corrected chi connectivity index (χ0v) is 23.9. The molecule has 1 spiro atoms. The predicted molar refractivity (Wildman–Crippen MR) is 136 cm³/mol. The van der Waals surface area contributed by atoms with Crippen molar-refractivity contribution in [2.75, 3.05) is 13.2 Å². The van der Waals surface area contributed by atoms with Crippen LogP contribution in [-0.4, -0.2) is 73.0 Å². The summed E-state index contributed by atoms with van der Waals surface area (Å²) in [4.78, 5) is 36.3. The third-order valence-electron chi connectivity index (χ3n) is 10.3.